The van der Waals surface area contributed by atoms with Crippen LogP contribution in [0.15, 0.2) is 50.9 Å². The van der Waals surface area contributed by atoms with Crippen LogP contribution in [0.3, 0.4) is 0 Å². The van der Waals surface area contributed by atoms with Crippen molar-refractivity contribution in [3.05, 3.63) is 66.5 Å². The number of fused-ring (bicyclic) bond motifs is 7. The molecule has 35 heavy (non-hydrogen) atoms. The van der Waals surface area contributed by atoms with Gasteiger partial charge in [-0.2, -0.15) is 8.78 Å². The van der Waals surface area contributed by atoms with E-state index in [-0.39, 0.29) is 30.4 Å². The third-order valence-corrected chi connectivity index (χ3v) is 9.16. The van der Waals surface area contributed by atoms with Crippen molar-refractivity contribution in [1.82, 2.24) is 4.90 Å². The fourth-order valence-corrected chi connectivity index (χ4v) is 8.56. The summed E-state index contributed by atoms with van der Waals surface area (Å²) < 4.78 is 29.0. The van der Waals surface area contributed by atoms with Gasteiger partial charge in [0.2, 0.25) is 11.8 Å². The highest BCUT2D eigenvalue weighted by Gasteiger charge is 2.72. The molecule has 2 aromatic carbocycles. The number of hydrogen-bond acceptors (Lipinski definition) is 4. The summed E-state index contributed by atoms with van der Waals surface area (Å²) in [5.41, 5.74) is 0.821. The van der Waals surface area contributed by atoms with Gasteiger partial charge in [0.15, 0.2) is 0 Å². The number of carbonyl (C=O) groups is 2. The van der Waals surface area contributed by atoms with Gasteiger partial charge in [0.05, 0.1) is 33.8 Å². The van der Waals surface area contributed by atoms with Gasteiger partial charge in [0.1, 0.15) is 0 Å². The number of nitrogens with zero attached hydrogens (tertiary/aromatic N) is 3. The van der Waals surface area contributed by atoms with Crippen LogP contribution in [-0.4, -0.2) is 42.9 Å². The van der Waals surface area contributed by atoms with E-state index in [4.69, 9.17) is 23.2 Å². The predicted octanol–water partition coefficient (Wildman–Crippen LogP) is 6.21. The molecule has 4 atom stereocenters. The third-order valence-electron chi connectivity index (χ3n) is 7.74. The van der Waals surface area contributed by atoms with Gasteiger partial charge in [-0.3, -0.25) is 14.5 Å². The summed E-state index contributed by atoms with van der Waals surface area (Å²) in [6.45, 7) is 0.316. The Kier molecular flexibility index (Phi) is 5.44. The zero-order valence-electron chi connectivity index (χ0n) is 18.2. The molecule has 0 bridgehead atoms. The lowest BCUT2D eigenvalue weighted by atomic mass is 9.75. The maximum Gasteiger partial charge on any atom is 0.270 e. The van der Waals surface area contributed by atoms with Crippen LogP contribution < -0.4 is 9.80 Å². The molecular formula is C24H17Br2Cl2F2N3O2. The largest absolute Gasteiger partial charge is 0.371 e. The number of halogens is 6. The molecule has 0 saturated carbocycles. The van der Waals surface area contributed by atoms with Gasteiger partial charge >= 0.3 is 0 Å². The molecule has 11 heteroatoms. The van der Waals surface area contributed by atoms with Crippen LogP contribution in [-0.2, 0) is 15.1 Å². The molecule has 4 heterocycles. The van der Waals surface area contributed by atoms with Crippen molar-refractivity contribution >= 4 is 78.3 Å². The minimum atomic E-state index is -1.73. The molecule has 0 N–H and O–H groups in total. The predicted molar refractivity (Wildman–Crippen MR) is 137 cm³/mol. The average Bonchev–Trinajstić information content (AvgIpc) is 3.43. The van der Waals surface area contributed by atoms with Crippen LogP contribution in [0, 0.1) is 11.8 Å². The van der Waals surface area contributed by atoms with Gasteiger partial charge in [0, 0.05) is 51.3 Å². The zero-order chi connectivity index (χ0) is 25.0. The molecule has 2 aromatic rings. The lowest BCUT2D eigenvalue weighted by Gasteiger charge is -2.39. The first kappa shape index (κ1) is 23.9. The number of rotatable bonds is 1. The van der Waals surface area contributed by atoms with Crippen molar-refractivity contribution < 1.29 is 18.4 Å². The number of imide groups is 1. The number of benzene rings is 2. The molecule has 3 fully saturated rings. The number of carbonyl (C=O) groups excluding carboxylic acids is 2. The summed E-state index contributed by atoms with van der Waals surface area (Å²) in [7, 11) is 1.85. The first-order chi connectivity index (χ1) is 16.5. The minimum Gasteiger partial charge on any atom is -0.371 e. The molecule has 4 unspecified atom stereocenters. The minimum absolute atomic E-state index is 0.000882. The van der Waals surface area contributed by atoms with Crippen LogP contribution >= 0.6 is 55.1 Å². The monoisotopic (exact) mass is 645 g/mol. The van der Waals surface area contributed by atoms with E-state index in [0.29, 0.717) is 42.5 Å². The van der Waals surface area contributed by atoms with Gasteiger partial charge in [-0.15, -0.1) is 0 Å². The highest BCUT2D eigenvalue weighted by atomic mass is 79.9. The summed E-state index contributed by atoms with van der Waals surface area (Å²) in [5, 5.41) is 0.808. The molecule has 6 rings (SSSR count). The van der Waals surface area contributed by atoms with Crippen LogP contribution in [0.1, 0.15) is 12.0 Å². The van der Waals surface area contributed by atoms with Crippen molar-refractivity contribution in [3.8, 4) is 0 Å². The molecule has 2 amide bonds. The molecule has 3 saturated heterocycles. The first-order valence-electron chi connectivity index (χ1n) is 10.9. The molecule has 5 nitrogen and oxygen atoms in total. The topological polar surface area (TPSA) is 43.9 Å². The molecular weight excluding hydrogens is 631 g/mol. The lowest BCUT2D eigenvalue weighted by Crippen LogP contribution is -2.52. The van der Waals surface area contributed by atoms with E-state index in [2.05, 4.69) is 31.9 Å². The van der Waals surface area contributed by atoms with Gasteiger partial charge in [0.25, 0.3) is 6.08 Å². The SMILES string of the molecule is CN1CC2(c3cc(Cl)cc(Cl)c31)C1C(=O)N(c3cc(Br)cc(Br)c3)C(=O)C1C1CC(=C(F)F)CN12. The van der Waals surface area contributed by atoms with Crippen molar-refractivity contribution in [3.63, 3.8) is 0 Å². The van der Waals surface area contributed by atoms with E-state index in [0.717, 1.165) is 0 Å². The number of anilines is 2. The average molecular weight is 648 g/mol. The Hall–Kier alpha value is -1.52. The quantitative estimate of drug-likeness (QED) is 0.346. The first-order valence-corrected chi connectivity index (χ1v) is 13.2. The zero-order valence-corrected chi connectivity index (χ0v) is 22.8. The van der Waals surface area contributed by atoms with Crippen LogP contribution in [0.5, 0.6) is 0 Å². The molecule has 4 aliphatic rings. The smallest absolute Gasteiger partial charge is 0.270 e. The highest BCUT2D eigenvalue weighted by molar-refractivity contribution is 9.11. The maximum absolute atomic E-state index is 14.1. The Morgan fingerprint density at radius 3 is 2.40 bits per heavy atom. The van der Waals surface area contributed by atoms with Gasteiger partial charge in [-0.25, -0.2) is 4.90 Å². The fourth-order valence-electron chi connectivity index (χ4n) is 6.65. The van der Waals surface area contributed by atoms with Crippen molar-refractivity contribution in [2.45, 2.75) is 18.0 Å². The Morgan fingerprint density at radius 1 is 1.06 bits per heavy atom. The number of likely N-dealkylation sites (N-methyl/N-ethyl adjacent to an activating group) is 1. The molecule has 1 spiro atoms. The van der Waals surface area contributed by atoms with E-state index < -0.39 is 29.5 Å². The fraction of sp³-hybridized carbons (Fsp3) is 0.333. The van der Waals surface area contributed by atoms with Gasteiger partial charge in [-0.05, 0) is 36.8 Å². The standard InChI is InChI=1S/C24H17Br2Cl2F2N3O2/c1-31-9-24(15-6-13(27)7-16(28)20(15)31)19-18(17-2-10(21(29)30)8-32(17)24)22(34)33(23(19)35)14-4-11(25)3-12(26)5-14/h3-7,17-19H,2,8-9H2,1H3. The van der Waals surface area contributed by atoms with Gasteiger partial charge < -0.3 is 4.90 Å². The van der Waals surface area contributed by atoms with Crippen molar-refractivity contribution in [1.29, 1.82) is 0 Å². The van der Waals surface area contributed by atoms with E-state index in [1.54, 1.807) is 24.3 Å². The van der Waals surface area contributed by atoms with E-state index in [9.17, 15) is 18.4 Å². The summed E-state index contributed by atoms with van der Waals surface area (Å²) >= 11 is 19.8. The third kappa shape index (κ3) is 3.18. The highest BCUT2D eigenvalue weighted by Crippen LogP contribution is 2.63. The van der Waals surface area contributed by atoms with Gasteiger partial charge in [-0.1, -0.05) is 55.1 Å². The molecule has 0 aliphatic carbocycles. The van der Waals surface area contributed by atoms with Crippen molar-refractivity contribution in [2.75, 3.05) is 29.9 Å². The molecule has 0 aromatic heterocycles. The second kappa shape index (κ2) is 7.99. The Labute approximate surface area is 226 Å². The molecule has 0 radical (unpaired) electrons. The van der Waals surface area contributed by atoms with Crippen molar-refractivity contribution in [2.24, 2.45) is 11.8 Å². The normalized spacial score (nSPS) is 29.5. The second-order valence-corrected chi connectivity index (χ2v) is 12.1. The summed E-state index contributed by atoms with van der Waals surface area (Å²) in [5.74, 6) is -2.25. The second-order valence-electron chi connectivity index (χ2n) is 9.47. The molecule has 182 valence electrons. The number of amides is 2. The Balaban J connectivity index is 1.58. The summed E-state index contributed by atoms with van der Waals surface area (Å²) in [6, 6.07) is 8.07. The molecule has 4 aliphatic heterocycles. The van der Waals surface area contributed by atoms with Crippen LogP contribution in [0.2, 0.25) is 10.0 Å². The van der Waals surface area contributed by atoms with Crippen LogP contribution in [0.4, 0.5) is 20.2 Å². The van der Waals surface area contributed by atoms with Crippen LogP contribution in [0.25, 0.3) is 0 Å². The maximum atomic E-state index is 14.1. The van der Waals surface area contributed by atoms with E-state index in [1.807, 2.05) is 22.9 Å². The Morgan fingerprint density at radius 2 is 1.74 bits per heavy atom. The van der Waals surface area contributed by atoms with E-state index in [1.165, 1.54) is 4.90 Å². The Bertz CT molecular complexity index is 1350. The van der Waals surface area contributed by atoms with E-state index >= 15 is 0 Å². The number of hydrogen-bond donors (Lipinski definition) is 0. The summed E-state index contributed by atoms with van der Waals surface area (Å²) in [6.07, 6.45) is -1.69. The lowest BCUT2D eigenvalue weighted by molar-refractivity contribution is -0.124. The summed E-state index contributed by atoms with van der Waals surface area (Å²) in [4.78, 5) is 33.1.